The van der Waals surface area contributed by atoms with Crippen molar-refractivity contribution in [1.29, 1.82) is 0 Å². The first-order valence-electron chi connectivity index (χ1n) is 9.37. The zero-order valence-electron chi connectivity index (χ0n) is 15.4. The Kier molecular flexibility index (Phi) is 5.12. The Morgan fingerprint density at radius 2 is 1.97 bits per heavy atom. The topological polar surface area (TPSA) is 73.0 Å². The lowest BCUT2D eigenvalue weighted by molar-refractivity contribution is -0.141. The molecule has 1 saturated carbocycles. The van der Waals surface area contributed by atoms with Crippen molar-refractivity contribution in [3.8, 4) is 11.3 Å². The quantitative estimate of drug-likeness (QED) is 0.598. The molecule has 152 valence electrons. The van der Waals surface area contributed by atoms with E-state index in [1.54, 1.807) is 6.07 Å². The molecule has 2 heterocycles. The number of halogens is 3. The number of aryl methyl sites for hydroxylation is 1. The highest BCUT2D eigenvalue weighted by Gasteiger charge is 2.37. The summed E-state index contributed by atoms with van der Waals surface area (Å²) in [5.74, 6) is 0.246. The minimum Gasteiger partial charge on any atom is -0.355 e. The maximum Gasteiger partial charge on any atom is 0.435 e. The number of hydrogen-bond donors (Lipinski definition) is 1. The van der Waals surface area contributed by atoms with Crippen LogP contribution in [0.1, 0.15) is 47.1 Å². The fourth-order valence-electron chi connectivity index (χ4n) is 3.10. The van der Waals surface area contributed by atoms with Crippen LogP contribution < -0.4 is 5.32 Å². The Morgan fingerprint density at radius 3 is 2.66 bits per heavy atom. The van der Waals surface area contributed by atoms with Gasteiger partial charge in [-0.3, -0.25) is 9.48 Å². The number of nitrogens with zero attached hydrogens (tertiary/aromatic N) is 3. The zero-order chi connectivity index (χ0) is 20.4. The summed E-state index contributed by atoms with van der Waals surface area (Å²) in [7, 11) is 0. The molecule has 0 unspecified atom stereocenters. The second kappa shape index (κ2) is 7.73. The van der Waals surface area contributed by atoms with E-state index in [1.807, 2.05) is 30.3 Å². The molecule has 1 aromatic carbocycles. The van der Waals surface area contributed by atoms with Gasteiger partial charge < -0.3 is 9.84 Å². The van der Waals surface area contributed by atoms with Crippen molar-refractivity contribution in [3.05, 3.63) is 59.5 Å². The summed E-state index contributed by atoms with van der Waals surface area (Å²) in [6.07, 6.45) is -2.23. The molecule has 6 nitrogen and oxygen atoms in total. The van der Waals surface area contributed by atoms with Crippen molar-refractivity contribution < 1.29 is 22.5 Å². The first-order chi connectivity index (χ1) is 13.9. The molecule has 0 aliphatic heterocycles. The van der Waals surface area contributed by atoms with E-state index in [9.17, 15) is 18.0 Å². The highest BCUT2D eigenvalue weighted by atomic mass is 19.4. The van der Waals surface area contributed by atoms with E-state index in [1.165, 1.54) is 4.68 Å². The number of nitrogens with one attached hydrogen (secondary N) is 1. The number of rotatable bonds is 7. The standard InChI is InChI=1S/C20H19F3N4O2/c21-20(22,23)18-12-16(13-7-8-13)27(25-18)10-4-9-24-19(28)15-11-17(29-26-15)14-5-2-1-3-6-14/h1-3,5-6,11-13H,4,7-10H2,(H,24,28). The molecular weight excluding hydrogens is 385 g/mol. The molecular formula is C20H19F3N4O2. The Morgan fingerprint density at radius 1 is 1.21 bits per heavy atom. The lowest BCUT2D eigenvalue weighted by atomic mass is 10.1. The molecule has 29 heavy (non-hydrogen) atoms. The van der Waals surface area contributed by atoms with Gasteiger partial charge in [0.05, 0.1) is 0 Å². The van der Waals surface area contributed by atoms with E-state index < -0.39 is 17.8 Å². The molecule has 0 bridgehead atoms. The molecule has 1 amide bonds. The van der Waals surface area contributed by atoms with Gasteiger partial charge in [0.15, 0.2) is 17.1 Å². The molecule has 3 aromatic rings. The normalized spacial score (nSPS) is 14.2. The van der Waals surface area contributed by atoms with E-state index >= 15 is 0 Å². The summed E-state index contributed by atoms with van der Waals surface area (Å²) in [5, 5.41) is 10.2. The van der Waals surface area contributed by atoms with Crippen LogP contribution in [0.15, 0.2) is 47.0 Å². The summed E-state index contributed by atoms with van der Waals surface area (Å²) in [4.78, 5) is 12.2. The van der Waals surface area contributed by atoms with Gasteiger partial charge in [-0.25, -0.2) is 0 Å². The van der Waals surface area contributed by atoms with E-state index in [2.05, 4.69) is 15.6 Å². The van der Waals surface area contributed by atoms with Crippen molar-refractivity contribution in [1.82, 2.24) is 20.3 Å². The average Bonchev–Trinajstić information content (AvgIpc) is 3.25. The van der Waals surface area contributed by atoms with Gasteiger partial charge in [0, 0.05) is 36.3 Å². The summed E-state index contributed by atoms with van der Waals surface area (Å²) in [5.41, 5.74) is 0.721. The van der Waals surface area contributed by atoms with Crippen LogP contribution in [0.5, 0.6) is 0 Å². The van der Waals surface area contributed by atoms with Crippen molar-refractivity contribution in [2.24, 2.45) is 0 Å². The Hall–Kier alpha value is -3.10. The van der Waals surface area contributed by atoms with Gasteiger partial charge in [0.1, 0.15) is 0 Å². The molecule has 0 spiro atoms. The first-order valence-corrected chi connectivity index (χ1v) is 9.37. The van der Waals surface area contributed by atoms with Crippen molar-refractivity contribution in [2.45, 2.75) is 37.9 Å². The molecule has 1 aliphatic carbocycles. The maximum atomic E-state index is 12.9. The highest BCUT2D eigenvalue weighted by Crippen LogP contribution is 2.42. The Labute approximate surface area is 164 Å². The molecule has 9 heteroatoms. The van der Waals surface area contributed by atoms with Gasteiger partial charge in [-0.1, -0.05) is 35.5 Å². The molecule has 0 atom stereocenters. The lowest BCUT2D eigenvalue weighted by Gasteiger charge is -2.07. The van der Waals surface area contributed by atoms with Crippen LogP contribution in [0.25, 0.3) is 11.3 Å². The number of benzene rings is 1. The van der Waals surface area contributed by atoms with Gasteiger partial charge in [0.2, 0.25) is 0 Å². The number of carbonyl (C=O) groups is 1. The van der Waals surface area contributed by atoms with Crippen LogP contribution >= 0.6 is 0 Å². The average molecular weight is 404 g/mol. The molecule has 4 rings (SSSR count). The fraction of sp³-hybridized carbons (Fsp3) is 0.350. The van der Waals surface area contributed by atoms with Gasteiger partial charge in [-0.05, 0) is 25.3 Å². The van der Waals surface area contributed by atoms with Crippen molar-refractivity contribution in [2.75, 3.05) is 6.54 Å². The van der Waals surface area contributed by atoms with Gasteiger partial charge in [-0.15, -0.1) is 0 Å². The summed E-state index contributed by atoms with van der Waals surface area (Å²) < 4.78 is 45.4. The van der Waals surface area contributed by atoms with E-state index in [-0.39, 0.29) is 18.2 Å². The minimum absolute atomic E-state index is 0.153. The van der Waals surface area contributed by atoms with Crippen LogP contribution in [0.4, 0.5) is 13.2 Å². The van der Waals surface area contributed by atoms with E-state index in [0.29, 0.717) is 24.4 Å². The maximum absolute atomic E-state index is 12.9. The third-order valence-electron chi connectivity index (χ3n) is 4.73. The lowest BCUT2D eigenvalue weighted by Crippen LogP contribution is -2.25. The van der Waals surface area contributed by atoms with Gasteiger partial charge in [0.25, 0.3) is 5.91 Å². The first kappa shape index (κ1) is 19.2. The molecule has 0 saturated heterocycles. The van der Waals surface area contributed by atoms with E-state index in [0.717, 1.165) is 24.5 Å². The monoisotopic (exact) mass is 404 g/mol. The predicted molar refractivity (Wildman–Crippen MR) is 98.1 cm³/mol. The summed E-state index contributed by atoms with van der Waals surface area (Å²) in [6, 6.07) is 12.0. The second-order valence-corrected chi connectivity index (χ2v) is 7.00. The summed E-state index contributed by atoms with van der Waals surface area (Å²) in [6.45, 7) is 0.591. The second-order valence-electron chi connectivity index (χ2n) is 7.00. The van der Waals surface area contributed by atoms with E-state index in [4.69, 9.17) is 4.52 Å². The summed E-state index contributed by atoms with van der Waals surface area (Å²) >= 11 is 0. The van der Waals surface area contributed by atoms with Crippen LogP contribution in [-0.4, -0.2) is 27.4 Å². The Bertz CT molecular complexity index is 991. The van der Waals surface area contributed by atoms with Crippen LogP contribution in [0.3, 0.4) is 0 Å². The van der Waals surface area contributed by atoms with Crippen LogP contribution in [-0.2, 0) is 12.7 Å². The fourth-order valence-corrected chi connectivity index (χ4v) is 3.10. The SMILES string of the molecule is O=C(NCCCn1nc(C(F)(F)F)cc1C1CC1)c1cc(-c2ccccc2)on1. The number of aromatic nitrogens is 3. The van der Waals surface area contributed by atoms with Crippen molar-refractivity contribution >= 4 is 5.91 Å². The third-order valence-corrected chi connectivity index (χ3v) is 4.73. The number of hydrogen-bond acceptors (Lipinski definition) is 4. The van der Waals surface area contributed by atoms with Crippen LogP contribution in [0.2, 0.25) is 0 Å². The van der Waals surface area contributed by atoms with Crippen molar-refractivity contribution in [3.63, 3.8) is 0 Å². The number of amides is 1. The molecule has 1 N–H and O–H groups in total. The number of alkyl halides is 3. The third kappa shape index (κ3) is 4.49. The van der Waals surface area contributed by atoms with Crippen LogP contribution in [0, 0.1) is 0 Å². The predicted octanol–water partition coefficient (Wildman–Crippen LogP) is 4.25. The smallest absolute Gasteiger partial charge is 0.355 e. The highest BCUT2D eigenvalue weighted by molar-refractivity contribution is 5.93. The molecule has 1 aliphatic rings. The molecule has 2 aromatic heterocycles. The molecule has 0 radical (unpaired) electrons. The Balaban J connectivity index is 1.31. The largest absolute Gasteiger partial charge is 0.435 e. The minimum atomic E-state index is -4.45. The number of carbonyl (C=O) groups excluding carboxylic acids is 1. The van der Waals surface area contributed by atoms with Gasteiger partial charge >= 0.3 is 6.18 Å². The molecule has 1 fully saturated rings. The zero-order valence-corrected chi connectivity index (χ0v) is 15.4. The van der Waals surface area contributed by atoms with Gasteiger partial charge in [-0.2, -0.15) is 18.3 Å².